The molecule has 1 fully saturated rings. The van der Waals surface area contributed by atoms with Gasteiger partial charge in [0.1, 0.15) is 11.4 Å². The van der Waals surface area contributed by atoms with Crippen molar-refractivity contribution in [3.63, 3.8) is 0 Å². The maximum atomic E-state index is 11.9. The summed E-state index contributed by atoms with van der Waals surface area (Å²) in [4.78, 5) is 25.3. The van der Waals surface area contributed by atoms with Crippen LogP contribution < -0.4 is 5.64 Å². The van der Waals surface area contributed by atoms with Crippen molar-refractivity contribution in [1.82, 2.24) is 4.90 Å². The van der Waals surface area contributed by atoms with Crippen LogP contribution in [0.2, 0.25) is 13.1 Å². The number of Topliss-reactive ketones (excluding diaryl/α,β-unsaturated/α-hetero) is 1. The van der Waals surface area contributed by atoms with Gasteiger partial charge in [-0.3, -0.25) is 4.79 Å². The van der Waals surface area contributed by atoms with Crippen molar-refractivity contribution in [2.75, 3.05) is 13.1 Å². The summed E-state index contributed by atoms with van der Waals surface area (Å²) in [6.45, 7) is 8.22. The van der Waals surface area contributed by atoms with E-state index in [0.717, 1.165) is 0 Å². The van der Waals surface area contributed by atoms with Gasteiger partial charge in [-0.15, -0.1) is 0 Å². The summed E-state index contributed by atoms with van der Waals surface area (Å²) in [6, 6.07) is 0. The first-order valence-corrected chi connectivity index (χ1v) is 6.45. The minimum atomic E-state index is -0.505. The number of nitrogens with zero attached hydrogens (tertiary/aromatic N) is 1. The second kappa shape index (κ2) is 5.74. The number of piperidine rings is 1. The molecule has 2 N–H and O–H groups in total. The van der Waals surface area contributed by atoms with Crippen LogP contribution in [0, 0.1) is 5.92 Å². The maximum absolute atomic E-state index is 11.9. The van der Waals surface area contributed by atoms with Gasteiger partial charge in [0.15, 0.2) is 0 Å². The lowest BCUT2D eigenvalue weighted by atomic mass is 9.59. The molecule has 1 heterocycles. The van der Waals surface area contributed by atoms with Gasteiger partial charge < -0.3 is 15.3 Å². The van der Waals surface area contributed by atoms with E-state index in [1.165, 1.54) is 0 Å². The smallest absolute Gasteiger partial charge is 0.410 e. The summed E-state index contributed by atoms with van der Waals surface area (Å²) >= 11 is 0. The minimum Gasteiger partial charge on any atom is -0.444 e. The van der Waals surface area contributed by atoms with Crippen molar-refractivity contribution < 1.29 is 14.3 Å². The number of hydrogen-bond donors (Lipinski definition) is 1. The standard InChI is InChI=1S/C12H23BN2O3/c1-12(2,3)18-11(17)15-6-5-10(16)9(8-15)7-13(4)14/h9H,5-8,14H2,1-4H3. The molecule has 1 aliphatic heterocycles. The second-order valence-corrected chi connectivity index (χ2v) is 6.05. The Morgan fingerprint density at radius 1 is 1.56 bits per heavy atom. The van der Waals surface area contributed by atoms with E-state index in [1.54, 1.807) is 4.90 Å². The van der Waals surface area contributed by atoms with E-state index in [0.29, 0.717) is 25.8 Å². The molecule has 0 aromatic carbocycles. The summed E-state index contributed by atoms with van der Waals surface area (Å²) in [7, 11) is 0. The molecule has 1 unspecified atom stereocenters. The van der Waals surface area contributed by atoms with Gasteiger partial charge >= 0.3 is 6.09 Å². The van der Waals surface area contributed by atoms with Gasteiger partial charge in [0.05, 0.1) is 0 Å². The molecule has 0 aromatic rings. The normalized spacial score (nSPS) is 20.8. The largest absolute Gasteiger partial charge is 0.444 e. The fraction of sp³-hybridized carbons (Fsp3) is 0.833. The topological polar surface area (TPSA) is 72.6 Å². The highest BCUT2D eigenvalue weighted by atomic mass is 16.6. The molecule has 0 bridgehead atoms. The Hall–Kier alpha value is -1.04. The van der Waals surface area contributed by atoms with Gasteiger partial charge in [-0.25, -0.2) is 4.79 Å². The van der Waals surface area contributed by atoms with E-state index in [4.69, 9.17) is 10.4 Å². The molecule has 1 rings (SSSR count). The molecule has 1 amide bonds. The first-order chi connectivity index (χ1) is 8.19. The third-order valence-electron chi connectivity index (χ3n) is 2.83. The Balaban J connectivity index is 2.58. The highest BCUT2D eigenvalue weighted by Gasteiger charge is 2.32. The zero-order chi connectivity index (χ0) is 13.9. The third-order valence-corrected chi connectivity index (χ3v) is 2.83. The van der Waals surface area contributed by atoms with Crippen LogP contribution in [0.5, 0.6) is 0 Å². The van der Waals surface area contributed by atoms with E-state index in [1.807, 2.05) is 27.6 Å². The van der Waals surface area contributed by atoms with E-state index >= 15 is 0 Å². The molecule has 0 saturated carbocycles. The van der Waals surface area contributed by atoms with Crippen molar-refractivity contribution in [2.24, 2.45) is 11.6 Å². The molecule has 0 spiro atoms. The molecule has 0 radical (unpaired) electrons. The molecular weight excluding hydrogens is 231 g/mol. The zero-order valence-electron chi connectivity index (χ0n) is 11.7. The van der Waals surface area contributed by atoms with Crippen LogP contribution in [0.1, 0.15) is 27.2 Å². The monoisotopic (exact) mass is 254 g/mol. The molecule has 102 valence electrons. The Morgan fingerprint density at radius 2 is 2.17 bits per heavy atom. The second-order valence-electron chi connectivity index (χ2n) is 6.05. The van der Waals surface area contributed by atoms with Gasteiger partial charge in [0, 0.05) is 25.4 Å². The maximum Gasteiger partial charge on any atom is 0.410 e. The Labute approximate surface area is 109 Å². The van der Waals surface area contributed by atoms with Gasteiger partial charge in [-0.1, -0.05) is 6.82 Å². The fourth-order valence-electron chi connectivity index (χ4n) is 2.06. The molecule has 0 aromatic heterocycles. The Bertz CT molecular complexity index is 326. The number of carbonyl (C=O) groups is 2. The number of ketones is 1. The summed E-state index contributed by atoms with van der Waals surface area (Å²) < 4.78 is 5.31. The highest BCUT2D eigenvalue weighted by Crippen LogP contribution is 2.20. The average Bonchev–Trinajstić information content (AvgIpc) is 2.17. The summed E-state index contributed by atoms with van der Waals surface area (Å²) in [5, 5.41) is 0. The van der Waals surface area contributed by atoms with Gasteiger partial charge in [0.2, 0.25) is 6.85 Å². The molecule has 0 aliphatic carbocycles. The van der Waals surface area contributed by atoms with Crippen molar-refractivity contribution >= 4 is 18.7 Å². The van der Waals surface area contributed by atoms with E-state index in [-0.39, 0.29) is 24.6 Å². The Morgan fingerprint density at radius 3 is 2.67 bits per heavy atom. The average molecular weight is 254 g/mol. The van der Waals surface area contributed by atoms with Crippen LogP contribution in [0.15, 0.2) is 0 Å². The van der Waals surface area contributed by atoms with Crippen molar-refractivity contribution in [2.45, 2.75) is 45.9 Å². The number of amides is 1. The predicted molar refractivity (Wildman–Crippen MR) is 71.5 cm³/mol. The van der Waals surface area contributed by atoms with Crippen LogP contribution in [0.25, 0.3) is 0 Å². The first-order valence-electron chi connectivity index (χ1n) is 6.45. The molecule has 1 aliphatic rings. The third kappa shape index (κ3) is 4.68. The lowest BCUT2D eigenvalue weighted by Crippen LogP contribution is -2.47. The number of likely N-dealkylation sites (tertiary alicyclic amines) is 1. The summed E-state index contributed by atoms with van der Waals surface area (Å²) in [5.41, 5.74) is 5.22. The SMILES string of the molecule is CB(N)CC1CN(C(=O)OC(C)(C)C)CCC1=O. The van der Waals surface area contributed by atoms with E-state index in [9.17, 15) is 9.59 Å². The molecule has 18 heavy (non-hydrogen) atoms. The van der Waals surface area contributed by atoms with Crippen molar-refractivity contribution in [1.29, 1.82) is 0 Å². The van der Waals surface area contributed by atoms with Gasteiger partial charge in [-0.2, -0.15) is 0 Å². The van der Waals surface area contributed by atoms with Gasteiger partial charge in [-0.05, 0) is 27.1 Å². The predicted octanol–water partition coefficient (Wildman–Crippen LogP) is 1.39. The molecule has 1 atom stereocenters. The molecule has 1 saturated heterocycles. The highest BCUT2D eigenvalue weighted by molar-refractivity contribution is 6.54. The number of rotatable bonds is 2. The van der Waals surface area contributed by atoms with E-state index < -0.39 is 5.60 Å². The lowest BCUT2D eigenvalue weighted by molar-refractivity contribution is -0.125. The van der Waals surface area contributed by atoms with Crippen LogP contribution >= 0.6 is 0 Å². The van der Waals surface area contributed by atoms with Crippen LogP contribution in [0.4, 0.5) is 4.79 Å². The van der Waals surface area contributed by atoms with Crippen molar-refractivity contribution in [3.05, 3.63) is 0 Å². The number of hydrogen-bond acceptors (Lipinski definition) is 4. The fourth-order valence-corrected chi connectivity index (χ4v) is 2.06. The first kappa shape index (κ1) is 15.0. The van der Waals surface area contributed by atoms with Crippen molar-refractivity contribution in [3.8, 4) is 0 Å². The minimum absolute atomic E-state index is 0.0301. The summed E-state index contributed by atoms with van der Waals surface area (Å²) in [5.74, 6) is 0.0541. The van der Waals surface area contributed by atoms with Crippen LogP contribution in [-0.2, 0) is 9.53 Å². The number of nitrogens with two attached hydrogens (primary N) is 1. The Kier molecular flexibility index (Phi) is 4.79. The van der Waals surface area contributed by atoms with Crippen LogP contribution in [-0.4, -0.2) is 42.3 Å². The molecule has 5 nitrogen and oxygen atoms in total. The van der Waals surface area contributed by atoms with Crippen LogP contribution in [0.3, 0.4) is 0 Å². The lowest BCUT2D eigenvalue weighted by Gasteiger charge is -2.33. The number of ether oxygens (including phenoxy) is 1. The zero-order valence-corrected chi connectivity index (χ0v) is 11.7. The summed E-state index contributed by atoms with van der Waals surface area (Å²) in [6.07, 6.45) is 0.680. The quantitative estimate of drug-likeness (QED) is 0.756. The molecular formula is C12H23BN2O3. The van der Waals surface area contributed by atoms with Gasteiger partial charge in [0.25, 0.3) is 0 Å². The van der Waals surface area contributed by atoms with E-state index in [2.05, 4.69) is 0 Å². The number of carbonyl (C=O) groups excluding carboxylic acids is 2. The molecule has 6 heteroatoms.